The zero-order valence-corrected chi connectivity index (χ0v) is 14.4. The lowest BCUT2D eigenvalue weighted by Gasteiger charge is -2.15. The number of ether oxygens (including phenoxy) is 2. The smallest absolute Gasteiger partial charge is 0.165 e. The van der Waals surface area contributed by atoms with E-state index in [1.165, 1.54) is 13.2 Å². The minimum absolute atomic E-state index is 0.0477. The molecule has 1 atom stereocenters. The summed E-state index contributed by atoms with van der Waals surface area (Å²) in [6.07, 6.45) is 5.37. The first-order chi connectivity index (χ1) is 12.1. The number of halogens is 1. The molecule has 3 rings (SSSR count). The Hall–Kier alpha value is -2.73. The van der Waals surface area contributed by atoms with Crippen molar-refractivity contribution in [3.05, 3.63) is 54.7 Å². The Labute approximate surface area is 146 Å². The Morgan fingerprint density at radius 3 is 2.72 bits per heavy atom. The van der Waals surface area contributed by atoms with Crippen LogP contribution in [0.5, 0.6) is 5.75 Å². The summed E-state index contributed by atoms with van der Waals surface area (Å²) in [7, 11) is 3.12. The molecular formula is C19H20FN3O2. The molecule has 130 valence electrons. The Balaban J connectivity index is 2.06. The lowest BCUT2D eigenvalue weighted by molar-refractivity contribution is 0.103. The SMILES string of the molecule is COc1ccc(-c2ncccc2-c2nccn2CC(C)OC)cc1F. The number of benzene rings is 1. The van der Waals surface area contributed by atoms with E-state index in [4.69, 9.17) is 9.47 Å². The van der Waals surface area contributed by atoms with Gasteiger partial charge in [-0.2, -0.15) is 0 Å². The molecule has 0 aliphatic carbocycles. The molecule has 0 saturated heterocycles. The van der Waals surface area contributed by atoms with Gasteiger partial charge < -0.3 is 14.0 Å². The van der Waals surface area contributed by atoms with Crippen LogP contribution in [0.2, 0.25) is 0 Å². The number of nitrogens with zero attached hydrogens (tertiary/aromatic N) is 3. The molecule has 0 spiro atoms. The molecule has 1 unspecified atom stereocenters. The van der Waals surface area contributed by atoms with Crippen LogP contribution in [-0.2, 0) is 11.3 Å². The van der Waals surface area contributed by atoms with Gasteiger partial charge in [0.05, 0.1) is 25.5 Å². The van der Waals surface area contributed by atoms with Crippen molar-refractivity contribution < 1.29 is 13.9 Å². The van der Waals surface area contributed by atoms with E-state index in [9.17, 15) is 4.39 Å². The standard InChI is InChI=1S/C19H20FN3O2/c1-13(24-2)12-23-10-9-22-19(23)15-5-4-8-21-18(15)14-6-7-17(25-3)16(20)11-14/h4-11,13H,12H2,1-3H3. The van der Waals surface area contributed by atoms with Crippen molar-refractivity contribution >= 4 is 0 Å². The average molecular weight is 341 g/mol. The number of methoxy groups -OCH3 is 2. The van der Waals surface area contributed by atoms with Crippen molar-refractivity contribution in [1.82, 2.24) is 14.5 Å². The van der Waals surface area contributed by atoms with E-state index in [2.05, 4.69) is 9.97 Å². The van der Waals surface area contributed by atoms with Gasteiger partial charge in [0.15, 0.2) is 11.6 Å². The van der Waals surface area contributed by atoms with Crippen LogP contribution in [0.25, 0.3) is 22.6 Å². The van der Waals surface area contributed by atoms with Crippen molar-refractivity contribution in [2.24, 2.45) is 0 Å². The lowest BCUT2D eigenvalue weighted by atomic mass is 10.0. The van der Waals surface area contributed by atoms with Crippen LogP contribution >= 0.6 is 0 Å². The van der Waals surface area contributed by atoms with Crippen LogP contribution in [0.1, 0.15) is 6.92 Å². The van der Waals surface area contributed by atoms with Gasteiger partial charge >= 0.3 is 0 Å². The fraction of sp³-hybridized carbons (Fsp3) is 0.263. The van der Waals surface area contributed by atoms with Crippen molar-refractivity contribution in [3.8, 4) is 28.4 Å². The first-order valence-electron chi connectivity index (χ1n) is 7.97. The maximum absolute atomic E-state index is 14.1. The summed E-state index contributed by atoms with van der Waals surface area (Å²) in [6, 6.07) is 8.59. The highest BCUT2D eigenvalue weighted by Crippen LogP contribution is 2.31. The number of rotatable bonds is 6. The number of aromatic nitrogens is 3. The second-order valence-electron chi connectivity index (χ2n) is 5.70. The minimum Gasteiger partial charge on any atom is -0.494 e. The van der Waals surface area contributed by atoms with Gasteiger partial charge in [-0.1, -0.05) is 0 Å². The fourth-order valence-corrected chi connectivity index (χ4v) is 2.68. The predicted octanol–water partition coefficient (Wildman–Crippen LogP) is 3.79. The summed E-state index contributed by atoms with van der Waals surface area (Å²) in [5.74, 6) is 0.549. The molecule has 1 aromatic carbocycles. The third-order valence-corrected chi connectivity index (χ3v) is 4.05. The third kappa shape index (κ3) is 3.53. The molecule has 0 aliphatic rings. The zero-order chi connectivity index (χ0) is 17.8. The van der Waals surface area contributed by atoms with Crippen LogP contribution in [0.3, 0.4) is 0 Å². The van der Waals surface area contributed by atoms with Gasteiger partial charge in [-0.15, -0.1) is 0 Å². The van der Waals surface area contributed by atoms with Crippen LogP contribution in [0.4, 0.5) is 4.39 Å². The van der Waals surface area contributed by atoms with E-state index < -0.39 is 5.82 Å². The second kappa shape index (κ2) is 7.44. The predicted molar refractivity (Wildman–Crippen MR) is 93.9 cm³/mol. The Morgan fingerprint density at radius 1 is 1.16 bits per heavy atom. The van der Waals surface area contributed by atoms with Gasteiger partial charge in [-0.3, -0.25) is 4.98 Å². The fourth-order valence-electron chi connectivity index (χ4n) is 2.68. The Morgan fingerprint density at radius 2 is 2.00 bits per heavy atom. The summed E-state index contributed by atoms with van der Waals surface area (Å²) >= 11 is 0. The summed E-state index contributed by atoms with van der Waals surface area (Å²) < 4.78 is 26.5. The van der Waals surface area contributed by atoms with Crippen molar-refractivity contribution in [1.29, 1.82) is 0 Å². The number of pyridine rings is 1. The summed E-state index contributed by atoms with van der Waals surface area (Å²) in [5.41, 5.74) is 2.17. The van der Waals surface area contributed by atoms with Crippen LogP contribution in [0.15, 0.2) is 48.9 Å². The van der Waals surface area contributed by atoms with Gasteiger partial charge in [0.2, 0.25) is 0 Å². The van der Waals surface area contributed by atoms with E-state index in [0.29, 0.717) is 17.8 Å². The molecule has 0 radical (unpaired) electrons. The monoisotopic (exact) mass is 341 g/mol. The Kier molecular flexibility index (Phi) is 5.09. The molecular weight excluding hydrogens is 321 g/mol. The number of hydrogen-bond acceptors (Lipinski definition) is 4. The molecule has 0 saturated carbocycles. The summed E-state index contributed by atoms with van der Waals surface area (Å²) in [5, 5.41) is 0. The van der Waals surface area contributed by atoms with E-state index in [1.54, 1.807) is 31.6 Å². The molecule has 0 amide bonds. The normalized spacial score (nSPS) is 12.2. The number of hydrogen-bond donors (Lipinski definition) is 0. The average Bonchev–Trinajstić information content (AvgIpc) is 3.09. The summed E-state index contributed by atoms with van der Waals surface area (Å²) in [6.45, 7) is 2.66. The van der Waals surface area contributed by atoms with Crippen molar-refractivity contribution in [2.75, 3.05) is 14.2 Å². The molecule has 6 heteroatoms. The van der Waals surface area contributed by atoms with Gasteiger partial charge in [0.1, 0.15) is 5.82 Å². The van der Waals surface area contributed by atoms with Crippen molar-refractivity contribution in [2.45, 2.75) is 19.6 Å². The van der Waals surface area contributed by atoms with E-state index in [0.717, 1.165) is 11.4 Å². The van der Waals surface area contributed by atoms with Gasteiger partial charge in [-0.25, -0.2) is 9.37 Å². The first-order valence-corrected chi connectivity index (χ1v) is 7.97. The highest BCUT2D eigenvalue weighted by atomic mass is 19.1. The van der Waals surface area contributed by atoms with Gasteiger partial charge in [-0.05, 0) is 37.3 Å². The lowest BCUT2D eigenvalue weighted by Crippen LogP contribution is -2.15. The van der Waals surface area contributed by atoms with Gasteiger partial charge in [0, 0.05) is 36.8 Å². The molecule has 5 nitrogen and oxygen atoms in total. The van der Waals surface area contributed by atoms with Crippen molar-refractivity contribution in [3.63, 3.8) is 0 Å². The molecule has 25 heavy (non-hydrogen) atoms. The molecule has 0 aliphatic heterocycles. The zero-order valence-electron chi connectivity index (χ0n) is 14.4. The quantitative estimate of drug-likeness (QED) is 0.684. The maximum atomic E-state index is 14.1. The third-order valence-electron chi connectivity index (χ3n) is 4.05. The van der Waals surface area contributed by atoms with E-state index in [1.807, 2.05) is 29.8 Å². The molecule has 3 aromatic rings. The second-order valence-corrected chi connectivity index (χ2v) is 5.70. The molecule has 0 bridgehead atoms. The first kappa shape index (κ1) is 17.1. The molecule has 2 heterocycles. The molecule has 0 N–H and O–H groups in total. The van der Waals surface area contributed by atoms with Gasteiger partial charge in [0.25, 0.3) is 0 Å². The van der Waals surface area contributed by atoms with Crippen LogP contribution in [-0.4, -0.2) is 34.9 Å². The highest BCUT2D eigenvalue weighted by Gasteiger charge is 2.16. The van der Waals surface area contributed by atoms with Crippen LogP contribution < -0.4 is 4.74 Å². The number of imidazole rings is 1. The van der Waals surface area contributed by atoms with Crippen LogP contribution in [0, 0.1) is 5.82 Å². The summed E-state index contributed by atoms with van der Waals surface area (Å²) in [4.78, 5) is 8.91. The largest absolute Gasteiger partial charge is 0.494 e. The highest BCUT2D eigenvalue weighted by molar-refractivity contribution is 5.77. The molecule has 0 fully saturated rings. The van der Waals surface area contributed by atoms with E-state index >= 15 is 0 Å². The maximum Gasteiger partial charge on any atom is 0.165 e. The topological polar surface area (TPSA) is 49.2 Å². The minimum atomic E-state index is -0.423. The molecule has 2 aromatic heterocycles. The van der Waals surface area contributed by atoms with E-state index in [-0.39, 0.29) is 11.9 Å². The Bertz CT molecular complexity index is 863.